The summed E-state index contributed by atoms with van der Waals surface area (Å²) in [4.78, 5) is 27.4. The van der Waals surface area contributed by atoms with Crippen molar-refractivity contribution >= 4 is 27.5 Å². The van der Waals surface area contributed by atoms with Crippen molar-refractivity contribution in [1.82, 2.24) is 0 Å². The number of ketones is 2. The van der Waals surface area contributed by atoms with E-state index in [1.807, 2.05) is 48.5 Å². The summed E-state index contributed by atoms with van der Waals surface area (Å²) in [6.07, 6.45) is 4.25. The van der Waals surface area contributed by atoms with Crippen LogP contribution >= 0.6 is 15.9 Å². The van der Waals surface area contributed by atoms with Gasteiger partial charge in [0.2, 0.25) is 0 Å². The van der Waals surface area contributed by atoms with Gasteiger partial charge in [-0.1, -0.05) is 118 Å². The third-order valence-corrected chi connectivity index (χ3v) is 7.50. The van der Waals surface area contributed by atoms with Crippen LogP contribution in [0.15, 0.2) is 82.4 Å². The molecule has 166 valence electrons. The van der Waals surface area contributed by atoms with Crippen molar-refractivity contribution in [2.24, 2.45) is 22.2 Å². The van der Waals surface area contributed by atoms with E-state index in [2.05, 4.69) is 75.7 Å². The molecule has 0 N–H and O–H groups in total. The first kappa shape index (κ1) is 22.9. The molecule has 0 heterocycles. The summed E-state index contributed by atoms with van der Waals surface area (Å²) in [6.45, 7) is 12.5. The maximum Gasteiger partial charge on any atom is 0.185 e. The number of benzene rings is 2. The Morgan fingerprint density at radius 2 is 1.31 bits per heavy atom. The summed E-state index contributed by atoms with van der Waals surface area (Å²) in [5, 5.41) is 0. The molecular weight excluding hydrogens is 460 g/mol. The molecule has 4 rings (SSSR count). The van der Waals surface area contributed by atoms with Gasteiger partial charge < -0.3 is 0 Å². The van der Waals surface area contributed by atoms with Crippen molar-refractivity contribution in [2.75, 3.05) is 0 Å². The van der Waals surface area contributed by atoms with Gasteiger partial charge in [-0.2, -0.15) is 0 Å². The molecule has 1 saturated carbocycles. The largest absolute Gasteiger partial charge is 0.294 e. The lowest BCUT2D eigenvalue weighted by atomic mass is 9.69. The van der Waals surface area contributed by atoms with Gasteiger partial charge in [0.05, 0.1) is 0 Å². The normalized spacial score (nSPS) is 22.4. The fraction of sp³-hybridized carbons (Fsp3) is 0.379. The van der Waals surface area contributed by atoms with E-state index in [0.29, 0.717) is 0 Å². The number of carbonyl (C=O) groups excluding carboxylic acids is 2. The minimum Gasteiger partial charge on any atom is -0.294 e. The number of allylic oxidation sites excluding steroid dienone is 4. The maximum atomic E-state index is 13.8. The van der Waals surface area contributed by atoms with E-state index >= 15 is 0 Å². The molecule has 0 aromatic heterocycles. The van der Waals surface area contributed by atoms with E-state index in [1.165, 1.54) is 0 Å². The average molecular weight is 491 g/mol. The summed E-state index contributed by atoms with van der Waals surface area (Å²) >= 11 is 3.72. The zero-order chi connectivity index (χ0) is 23.5. The smallest absolute Gasteiger partial charge is 0.185 e. The number of hydrogen-bond donors (Lipinski definition) is 0. The molecule has 2 atom stereocenters. The molecular formula is C29H31BrO2. The quantitative estimate of drug-likeness (QED) is 0.415. The van der Waals surface area contributed by atoms with Gasteiger partial charge in [-0.3, -0.25) is 9.59 Å². The van der Waals surface area contributed by atoms with Gasteiger partial charge in [0, 0.05) is 38.4 Å². The molecule has 2 nitrogen and oxygen atoms in total. The molecule has 0 unspecified atom stereocenters. The van der Waals surface area contributed by atoms with E-state index in [0.717, 1.165) is 26.7 Å². The standard InChI is InChI=1S/C29H31BrO2/c1-27(2,3)20-16-29(17-21(26(20)32)28(4,5)6)23(19-14-10-11-15-22(19)30)24(29)25(31)18-12-8-7-9-13-18/h7-17,23-24H,1-6H3/t23-,24+/m1/s1. The van der Waals surface area contributed by atoms with Crippen LogP contribution in [0.3, 0.4) is 0 Å². The highest BCUT2D eigenvalue weighted by molar-refractivity contribution is 9.10. The fourth-order valence-electron chi connectivity index (χ4n) is 5.05. The molecule has 1 fully saturated rings. The molecule has 0 saturated heterocycles. The van der Waals surface area contributed by atoms with Crippen molar-refractivity contribution < 1.29 is 9.59 Å². The Morgan fingerprint density at radius 3 is 1.81 bits per heavy atom. The highest BCUT2D eigenvalue weighted by Crippen LogP contribution is 2.71. The van der Waals surface area contributed by atoms with Crippen molar-refractivity contribution in [3.63, 3.8) is 0 Å². The third kappa shape index (κ3) is 3.75. The molecule has 3 heteroatoms. The molecule has 1 spiro atoms. The van der Waals surface area contributed by atoms with Gasteiger partial charge in [-0.25, -0.2) is 0 Å². The van der Waals surface area contributed by atoms with Crippen LogP contribution < -0.4 is 0 Å². The van der Waals surface area contributed by atoms with E-state index in [-0.39, 0.29) is 34.2 Å². The van der Waals surface area contributed by atoms with Crippen LogP contribution in [0.25, 0.3) is 0 Å². The summed E-state index contributed by atoms with van der Waals surface area (Å²) in [5.74, 6) is -0.0194. The molecule has 0 radical (unpaired) electrons. The van der Waals surface area contributed by atoms with E-state index in [4.69, 9.17) is 0 Å². The Kier molecular flexibility index (Phi) is 5.48. The Bertz CT molecular complexity index is 1110. The molecule has 0 bridgehead atoms. The predicted molar refractivity (Wildman–Crippen MR) is 134 cm³/mol. The highest BCUT2D eigenvalue weighted by atomic mass is 79.9. The van der Waals surface area contributed by atoms with Gasteiger partial charge in [-0.05, 0) is 22.5 Å². The van der Waals surface area contributed by atoms with E-state index in [1.54, 1.807) is 0 Å². The number of carbonyl (C=O) groups is 2. The van der Waals surface area contributed by atoms with Crippen LogP contribution in [0.4, 0.5) is 0 Å². The molecule has 2 aliphatic carbocycles. The van der Waals surface area contributed by atoms with Crippen LogP contribution in [-0.2, 0) is 4.79 Å². The van der Waals surface area contributed by atoms with Crippen LogP contribution in [0.2, 0.25) is 0 Å². The van der Waals surface area contributed by atoms with Crippen LogP contribution in [0.1, 0.15) is 63.4 Å². The molecule has 2 aliphatic rings. The number of halogens is 1. The monoisotopic (exact) mass is 490 g/mol. The van der Waals surface area contributed by atoms with E-state index in [9.17, 15) is 9.59 Å². The highest BCUT2D eigenvalue weighted by Gasteiger charge is 2.68. The van der Waals surface area contributed by atoms with Gasteiger partial charge in [0.25, 0.3) is 0 Å². The second-order valence-electron chi connectivity index (χ2n) is 11.2. The van der Waals surface area contributed by atoms with Gasteiger partial charge in [-0.15, -0.1) is 0 Å². The van der Waals surface area contributed by atoms with Gasteiger partial charge in [0.1, 0.15) is 0 Å². The van der Waals surface area contributed by atoms with E-state index < -0.39 is 5.41 Å². The second-order valence-corrected chi connectivity index (χ2v) is 12.0. The van der Waals surface area contributed by atoms with Crippen LogP contribution in [0, 0.1) is 22.2 Å². The fourth-order valence-corrected chi connectivity index (χ4v) is 5.59. The lowest BCUT2D eigenvalue weighted by molar-refractivity contribution is -0.114. The van der Waals surface area contributed by atoms with Crippen LogP contribution in [-0.4, -0.2) is 11.6 Å². The first-order chi connectivity index (χ1) is 14.9. The molecule has 0 amide bonds. The first-order valence-electron chi connectivity index (χ1n) is 11.2. The SMILES string of the molecule is CC(C)(C)C1=CC2(C=C(C(C)(C)C)C1=O)[C@H](C(=O)c1ccccc1)[C@H]2c1ccccc1Br. The minimum absolute atomic E-state index is 0.0198. The Balaban J connectivity index is 1.96. The lowest BCUT2D eigenvalue weighted by Crippen LogP contribution is -2.31. The number of Topliss-reactive ketones (excluding diaryl/α,β-unsaturated/α-hetero) is 2. The lowest BCUT2D eigenvalue weighted by Gasteiger charge is -2.34. The topological polar surface area (TPSA) is 34.1 Å². The molecule has 32 heavy (non-hydrogen) atoms. The second kappa shape index (κ2) is 7.66. The Morgan fingerprint density at radius 1 is 0.812 bits per heavy atom. The number of rotatable bonds is 3. The van der Waals surface area contributed by atoms with Crippen molar-refractivity contribution in [3.8, 4) is 0 Å². The summed E-state index contributed by atoms with van der Waals surface area (Å²) < 4.78 is 1.00. The average Bonchev–Trinajstić information content (AvgIpc) is 3.35. The van der Waals surface area contributed by atoms with Crippen molar-refractivity contribution in [1.29, 1.82) is 0 Å². The summed E-state index contributed by atoms with van der Waals surface area (Å²) in [7, 11) is 0. The van der Waals surface area contributed by atoms with Crippen molar-refractivity contribution in [2.45, 2.75) is 47.5 Å². The molecule has 0 aliphatic heterocycles. The first-order valence-corrected chi connectivity index (χ1v) is 12.0. The summed E-state index contributed by atoms with van der Waals surface area (Å²) in [5.41, 5.74) is 2.34. The van der Waals surface area contributed by atoms with Crippen LogP contribution in [0.5, 0.6) is 0 Å². The zero-order valence-corrected chi connectivity index (χ0v) is 21.3. The molecule has 2 aromatic rings. The van der Waals surface area contributed by atoms with Crippen molar-refractivity contribution in [3.05, 3.63) is 93.5 Å². The maximum absolute atomic E-state index is 13.8. The minimum atomic E-state index is -0.504. The van der Waals surface area contributed by atoms with Gasteiger partial charge >= 0.3 is 0 Å². The molecule has 2 aromatic carbocycles. The zero-order valence-electron chi connectivity index (χ0n) is 19.7. The number of hydrogen-bond acceptors (Lipinski definition) is 2. The summed E-state index contributed by atoms with van der Waals surface area (Å²) in [6, 6.07) is 17.7. The third-order valence-electron chi connectivity index (χ3n) is 6.78. The Labute approximate surface area is 199 Å². The van der Waals surface area contributed by atoms with Gasteiger partial charge in [0.15, 0.2) is 11.6 Å². The predicted octanol–water partition coefficient (Wildman–Crippen LogP) is 7.56. The Hall–Kier alpha value is -2.26.